The van der Waals surface area contributed by atoms with E-state index in [2.05, 4.69) is 11.9 Å². The summed E-state index contributed by atoms with van der Waals surface area (Å²) < 4.78 is 10.4. The molecule has 90 valence electrons. The lowest BCUT2D eigenvalue weighted by Gasteiger charge is -2.09. The average Bonchev–Trinajstić information content (AvgIpc) is 2.29. The van der Waals surface area contributed by atoms with E-state index >= 15 is 0 Å². The lowest BCUT2D eigenvalue weighted by molar-refractivity contribution is 0.354. The summed E-state index contributed by atoms with van der Waals surface area (Å²) in [5, 5.41) is 3.23. The summed E-state index contributed by atoms with van der Waals surface area (Å²) in [4.78, 5) is 0. The number of hydrogen-bond acceptors (Lipinski definition) is 3. The maximum absolute atomic E-state index is 5.21. The van der Waals surface area contributed by atoms with Crippen molar-refractivity contribution in [3.63, 3.8) is 0 Å². The quantitative estimate of drug-likeness (QED) is 0.615. The molecule has 1 rings (SSSR count). The molecule has 1 N–H and O–H groups in total. The van der Waals surface area contributed by atoms with Gasteiger partial charge in [-0.2, -0.15) is 0 Å². The van der Waals surface area contributed by atoms with E-state index < -0.39 is 0 Å². The molecule has 0 saturated carbocycles. The van der Waals surface area contributed by atoms with Gasteiger partial charge in [0, 0.05) is 13.1 Å². The van der Waals surface area contributed by atoms with Gasteiger partial charge < -0.3 is 14.8 Å². The lowest BCUT2D eigenvalue weighted by atomic mass is 10.2. The first-order valence-corrected chi connectivity index (χ1v) is 4.84. The molecule has 0 aromatic heterocycles. The van der Waals surface area contributed by atoms with Crippen molar-refractivity contribution in [3.05, 3.63) is 36.4 Å². The third-order valence-corrected chi connectivity index (χ3v) is 2.07. The fourth-order valence-electron chi connectivity index (χ4n) is 1.31. The Bertz CT molecular complexity index is 329. The number of benzene rings is 1. The number of nitrogens with one attached hydrogen (secondary N) is 1. The largest absolute Gasteiger partial charge is 0.493 e. The predicted molar refractivity (Wildman–Crippen MR) is 68.7 cm³/mol. The molecular weight excluding hydrogens is 226 g/mol. The molecule has 0 radical (unpaired) electrons. The molecule has 0 heterocycles. The fraction of sp³-hybridized carbons (Fsp3) is 0.333. The summed E-state index contributed by atoms with van der Waals surface area (Å²) in [5.74, 6) is 1.51. The minimum atomic E-state index is 0. The normalized spacial score (nSPS) is 9.12. The Kier molecular flexibility index (Phi) is 7.42. The predicted octanol–water partition coefficient (Wildman–Crippen LogP) is 2.40. The number of ether oxygens (including phenoxy) is 2. The van der Waals surface area contributed by atoms with Gasteiger partial charge in [-0.1, -0.05) is 12.1 Å². The van der Waals surface area contributed by atoms with E-state index in [0.29, 0.717) is 0 Å². The van der Waals surface area contributed by atoms with Crippen molar-refractivity contribution in [2.24, 2.45) is 0 Å². The van der Waals surface area contributed by atoms with Crippen molar-refractivity contribution in [2.45, 2.75) is 6.54 Å². The van der Waals surface area contributed by atoms with Crippen LogP contribution in [0.3, 0.4) is 0 Å². The first-order chi connectivity index (χ1) is 7.31. The van der Waals surface area contributed by atoms with Gasteiger partial charge in [0.1, 0.15) is 0 Å². The topological polar surface area (TPSA) is 30.5 Å². The monoisotopic (exact) mass is 243 g/mol. The van der Waals surface area contributed by atoms with Crippen molar-refractivity contribution in [2.75, 3.05) is 20.8 Å². The molecule has 0 amide bonds. The Morgan fingerprint density at radius 2 is 1.94 bits per heavy atom. The molecule has 16 heavy (non-hydrogen) atoms. The summed E-state index contributed by atoms with van der Waals surface area (Å²) in [5.41, 5.74) is 1.16. The van der Waals surface area contributed by atoms with Crippen LogP contribution in [0.2, 0.25) is 0 Å². The summed E-state index contributed by atoms with van der Waals surface area (Å²) in [6, 6.07) is 5.89. The second-order valence-electron chi connectivity index (χ2n) is 3.11. The van der Waals surface area contributed by atoms with Gasteiger partial charge in [0.2, 0.25) is 0 Å². The van der Waals surface area contributed by atoms with Gasteiger partial charge in [-0.3, -0.25) is 0 Å². The number of halogens is 1. The first kappa shape index (κ1) is 14.8. The average molecular weight is 244 g/mol. The van der Waals surface area contributed by atoms with E-state index in [4.69, 9.17) is 9.47 Å². The molecule has 0 unspecified atom stereocenters. The molecular formula is C12H18ClNO2. The zero-order valence-electron chi connectivity index (χ0n) is 9.66. The standard InChI is InChI=1S/C12H17NO2.ClH/c1-4-7-13-9-10-5-6-11(14-2)12(8-10)15-3;/h4-6,8,13H,1,7,9H2,2-3H3;1H. The molecule has 0 saturated heterocycles. The Morgan fingerprint density at radius 1 is 1.25 bits per heavy atom. The third kappa shape index (κ3) is 4.13. The van der Waals surface area contributed by atoms with Crippen LogP contribution in [0, 0.1) is 0 Å². The van der Waals surface area contributed by atoms with E-state index in [1.54, 1.807) is 14.2 Å². The Morgan fingerprint density at radius 3 is 2.50 bits per heavy atom. The van der Waals surface area contributed by atoms with Crippen molar-refractivity contribution in [3.8, 4) is 11.5 Å². The Balaban J connectivity index is 0.00000225. The van der Waals surface area contributed by atoms with E-state index in [-0.39, 0.29) is 12.4 Å². The first-order valence-electron chi connectivity index (χ1n) is 4.84. The maximum Gasteiger partial charge on any atom is 0.161 e. The summed E-state index contributed by atoms with van der Waals surface area (Å²) in [6.45, 7) is 5.24. The highest BCUT2D eigenvalue weighted by Gasteiger charge is 2.03. The van der Waals surface area contributed by atoms with Gasteiger partial charge in [-0.05, 0) is 17.7 Å². The van der Waals surface area contributed by atoms with Crippen LogP contribution in [0.5, 0.6) is 11.5 Å². The van der Waals surface area contributed by atoms with Crippen LogP contribution >= 0.6 is 12.4 Å². The van der Waals surface area contributed by atoms with E-state index in [1.807, 2.05) is 24.3 Å². The SMILES string of the molecule is C=CCNCc1ccc(OC)c(OC)c1.Cl. The van der Waals surface area contributed by atoms with Crippen LogP contribution in [-0.4, -0.2) is 20.8 Å². The fourth-order valence-corrected chi connectivity index (χ4v) is 1.31. The van der Waals surface area contributed by atoms with E-state index in [9.17, 15) is 0 Å². The smallest absolute Gasteiger partial charge is 0.161 e. The molecule has 0 bridgehead atoms. The zero-order valence-corrected chi connectivity index (χ0v) is 10.5. The summed E-state index contributed by atoms with van der Waals surface area (Å²) in [7, 11) is 3.27. The molecule has 0 aliphatic rings. The van der Waals surface area contributed by atoms with Crippen molar-refractivity contribution >= 4 is 12.4 Å². The van der Waals surface area contributed by atoms with Crippen LogP contribution in [0.15, 0.2) is 30.9 Å². The van der Waals surface area contributed by atoms with Crippen LogP contribution in [0.1, 0.15) is 5.56 Å². The highest BCUT2D eigenvalue weighted by molar-refractivity contribution is 5.85. The van der Waals surface area contributed by atoms with Crippen molar-refractivity contribution < 1.29 is 9.47 Å². The molecule has 0 spiro atoms. The van der Waals surface area contributed by atoms with E-state index in [0.717, 1.165) is 30.2 Å². The van der Waals surface area contributed by atoms with Gasteiger partial charge in [-0.25, -0.2) is 0 Å². The minimum Gasteiger partial charge on any atom is -0.493 e. The third-order valence-electron chi connectivity index (χ3n) is 2.07. The summed E-state index contributed by atoms with van der Waals surface area (Å²) >= 11 is 0. The number of methoxy groups -OCH3 is 2. The maximum atomic E-state index is 5.21. The van der Waals surface area contributed by atoms with Crippen LogP contribution < -0.4 is 14.8 Å². The molecule has 1 aromatic carbocycles. The minimum absolute atomic E-state index is 0. The molecule has 0 fully saturated rings. The highest BCUT2D eigenvalue weighted by atomic mass is 35.5. The molecule has 0 aliphatic heterocycles. The Hall–Kier alpha value is -1.19. The molecule has 0 atom stereocenters. The molecule has 0 aliphatic carbocycles. The Labute approximate surface area is 103 Å². The number of hydrogen-bond donors (Lipinski definition) is 1. The van der Waals surface area contributed by atoms with Crippen molar-refractivity contribution in [1.82, 2.24) is 5.32 Å². The number of rotatable bonds is 6. The lowest BCUT2D eigenvalue weighted by Crippen LogP contribution is -2.12. The van der Waals surface area contributed by atoms with Gasteiger partial charge in [-0.15, -0.1) is 19.0 Å². The van der Waals surface area contributed by atoms with Gasteiger partial charge in [0.25, 0.3) is 0 Å². The van der Waals surface area contributed by atoms with E-state index in [1.165, 1.54) is 0 Å². The molecule has 3 nitrogen and oxygen atoms in total. The summed E-state index contributed by atoms with van der Waals surface area (Å²) in [6.07, 6.45) is 1.83. The van der Waals surface area contributed by atoms with Gasteiger partial charge in [0.15, 0.2) is 11.5 Å². The van der Waals surface area contributed by atoms with Crippen LogP contribution in [0.25, 0.3) is 0 Å². The molecule has 1 aromatic rings. The second-order valence-corrected chi connectivity index (χ2v) is 3.11. The van der Waals surface area contributed by atoms with Crippen molar-refractivity contribution in [1.29, 1.82) is 0 Å². The van der Waals surface area contributed by atoms with Gasteiger partial charge >= 0.3 is 0 Å². The van der Waals surface area contributed by atoms with Crippen LogP contribution in [0.4, 0.5) is 0 Å². The second kappa shape index (κ2) is 8.02. The van der Waals surface area contributed by atoms with Crippen LogP contribution in [-0.2, 0) is 6.54 Å². The zero-order chi connectivity index (χ0) is 11.1. The highest BCUT2D eigenvalue weighted by Crippen LogP contribution is 2.27. The van der Waals surface area contributed by atoms with Gasteiger partial charge in [0.05, 0.1) is 14.2 Å². The molecule has 4 heteroatoms.